The van der Waals surface area contributed by atoms with Crippen molar-refractivity contribution in [2.24, 2.45) is 0 Å². The van der Waals surface area contributed by atoms with Crippen molar-refractivity contribution in [2.75, 3.05) is 11.9 Å². The lowest BCUT2D eigenvalue weighted by Gasteiger charge is -2.05. The summed E-state index contributed by atoms with van der Waals surface area (Å²) in [5.74, 6) is 1.55. The highest BCUT2D eigenvalue weighted by Crippen LogP contribution is 2.18. The number of rotatable bonds is 4. The van der Waals surface area contributed by atoms with Gasteiger partial charge in [-0.1, -0.05) is 4.49 Å². The maximum Gasteiger partial charge on any atom is 0.224 e. The summed E-state index contributed by atoms with van der Waals surface area (Å²) in [6.07, 6.45) is 0. The van der Waals surface area contributed by atoms with Crippen LogP contribution in [0.15, 0.2) is 5.38 Å². The van der Waals surface area contributed by atoms with Crippen LogP contribution in [0.1, 0.15) is 13.8 Å². The largest absolute Gasteiger partial charge is 0.355 e. The van der Waals surface area contributed by atoms with Crippen LogP contribution in [-0.2, 0) is 6.54 Å². The minimum absolute atomic E-state index is 0.766. The van der Waals surface area contributed by atoms with Gasteiger partial charge in [0, 0.05) is 18.5 Å². The predicted molar refractivity (Wildman–Crippen MR) is 58.8 cm³/mol. The lowest BCUT2D eigenvalue weighted by Crippen LogP contribution is -2.06. The van der Waals surface area contributed by atoms with Crippen LogP contribution in [0.4, 0.5) is 5.95 Å². The van der Waals surface area contributed by atoms with Gasteiger partial charge in [-0.2, -0.15) is 0 Å². The highest BCUT2D eigenvalue weighted by molar-refractivity contribution is 7.03. The van der Waals surface area contributed by atoms with E-state index in [9.17, 15) is 0 Å². The first kappa shape index (κ1) is 10.0. The zero-order valence-electron chi connectivity index (χ0n) is 8.64. The summed E-state index contributed by atoms with van der Waals surface area (Å²) in [6, 6.07) is 0. The first-order valence-electron chi connectivity index (χ1n) is 4.81. The molecule has 6 nitrogen and oxygen atoms in total. The minimum Gasteiger partial charge on any atom is -0.355 e. The first-order valence-corrected chi connectivity index (χ1v) is 5.65. The smallest absolute Gasteiger partial charge is 0.224 e. The summed E-state index contributed by atoms with van der Waals surface area (Å²) in [5.41, 5.74) is 0.776. The second kappa shape index (κ2) is 4.35. The maximum atomic E-state index is 4.10. The van der Waals surface area contributed by atoms with E-state index in [1.54, 1.807) is 0 Å². The third-order valence-corrected chi connectivity index (χ3v) is 2.50. The van der Waals surface area contributed by atoms with E-state index in [-0.39, 0.29) is 0 Å². The number of hydrogen-bond donors (Lipinski definition) is 1. The average molecular weight is 224 g/mol. The van der Waals surface area contributed by atoms with E-state index in [2.05, 4.69) is 25.1 Å². The molecule has 0 unspecified atom stereocenters. The van der Waals surface area contributed by atoms with Crippen molar-refractivity contribution in [3.05, 3.63) is 5.38 Å². The Morgan fingerprint density at radius 1 is 1.33 bits per heavy atom. The Labute approximate surface area is 91.5 Å². The van der Waals surface area contributed by atoms with Crippen molar-refractivity contribution in [2.45, 2.75) is 20.4 Å². The van der Waals surface area contributed by atoms with Crippen LogP contribution >= 0.6 is 11.5 Å². The van der Waals surface area contributed by atoms with Crippen molar-refractivity contribution in [1.82, 2.24) is 24.4 Å². The average Bonchev–Trinajstić information content (AvgIpc) is 2.85. The Hall–Kier alpha value is -1.50. The Bertz CT molecular complexity index is 420. The Kier molecular flexibility index (Phi) is 2.91. The molecule has 0 fully saturated rings. The highest BCUT2D eigenvalue weighted by atomic mass is 32.1. The molecule has 0 atom stereocenters. The molecule has 0 aliphatic rings. The quantitative estimate of drug-likeness (QED) is 0.846. The molecule has 0 radical (unpaired) electrons. The van der Waals surface area contributed by atoms with E-state index in [0.29, 0.717) is 0 Å². The minimum atomic E-state index is 0.766. The fourth-order valence-electron chi connectivity index (χ4n) is 1.34. The Morgan fingerprint density at radius 3 is 2.80 bits per heavy atom. The van der Waals surface area contributed by atoms with E-state index in [0.717, 1.165) is 30.6 Å². The van der Waals surface area contributed by atoms with Crippen LogP contribution in [-0.4, -0.2) is 30.9 Å². The van der Waals surface area contributed by atoms with Crippen molar-refractivity contribution < 1.29 is 0 Å². The van der Waals surface area contributed by atoms with Gasteiger partial charge in [0.15, 0.2) is 5.82 Å². The molecule has 15 heavy (non-hydrogen) atoms. The van der Waals surface area contributed by atoms with E-state index < -0.39 is 0 Å². The third kappa shape index (κ3) is 1.82. The molecule has 7 heteroatoms. The van der Waals surface area contributed by atoms with Gasteiger partial charge >= 0.3 is 0 Å². The van der Waals surface area contributed by atoms with Gasteiger partial charge in [0.2, 0.25) is 5.95 Å². The van der Waals surface area contributed by atoms with Crippen LogP contribution in [0.3, 0.4) is 0 Å². The molecule has 2 rings (SSSR count). The van der Waals surface area contributed by atoms with Crippen molar-refractivity contribution >= 4 is 17.5 Å². The number of nitrogens with zero attached hydrogens (tertiary/aromatic N) is 5. The van der Waals surface area contributed by atoms with Crippen LogP contribution in [0.5, 0.6) is 0 Å². The molecule has 1 N–H and O–H groups in total. The molecule has 0 saturated carbocycles. The van der Waals surface area contributed by atoms with E-state index >= 15 is 0 Å². The van der Waals surface area contributed by atoms with Crippen LogP contribution in [0.25, 0.3) is 11.5 Å². The summed E-state index contributed by atoms with van der Waals surface area (Å²) in [5, 5.41) is 17.2. The summed E-state index contributed by atoms with van der Waals surface area (Å²) in [4.78, 5) is 0. The molecular formula is C8H12N6S. The van der Waals surface area contributed by atoms with Gasteiger partial charge in [-0.3, -0.25) is 4.57 Å². The van der Waals surface area contributed by atoms with Crippen molar-refractivity contribution in [3.8, 4) is 11.5 Å². The van der Waals surface area contributed by atoms with Gasteiger partial charge in [0.05, 0.1) is 0 Å². The molecule has 2 aromatic heterocycles. The third-order valence-electron chi connectivity index (χ3n) is 1.99. The molecule has 0 aromatic carbocycles. The fourth-order valence-corrected chi connectivity index (χ4v) is 1.78. The van der Waals surface area contributed by atoms with Gasteiger partial charge in [-0.25, -0.2) is 0 Å². The van der Waals surface area contributed by atoms with Gasteiger partial charge < -0.3 is 5.32 Å². The maximum absolute atomic E-state index is 4.10. The second-order valence-electron chi connectivity index (χ2n) is 2.91. The highest BCUT2D eigenvalue weighted by Gasteiger charge is 2.13. The topological polar surface area (TPSA) is 68.5 Å². The molecule has 2 aromatic rings. The molecule has 0 spiro atoms. The Morgan fingerprint density at radius 2 is 2.20 bits per heavy atom. The fraction of sp³-hybridized carbons (Fsp3) is 0.500. The molecule has 0 saturated heterocycles. The first-order chi connectivity index (χ1) is 7.36. The molecule has 2 heterocycles. The standard InChI is InChI=1S/C8H12N6S/c1-3-9-8-12-11-7(14(8)4-2)6-5-15-13-10-6/h5H,3-4H2,1-2H3,(H,9,12). The number of nitrogens with one attached hydrogen (secondary N) is 1. The van der Waals surface area contributed by atoms with Crippen LogP contribution in [0.2, 0.25) is 0 Å². The number of anilines is 1. The number of aromatic nitrogens is 5. The second-order valence-corrected chi connectivity index (χ2v) is 3.52. The molecule has 80 valence electrons. The van der Waals surface area contributed by atoms with Gasteiger partial charge in [-0.05, 0) is 25.4 Å². The summed E-state index contributed by atoms with van der Waals surface area (Å²) in [7, 11) is 0. The lowest BCUT2D eigenvalue weighted by atomic mass is 10.4. The normalized spacial score (nSPS) is 10.5. The zero-order valence-corrected chi connectivity index (χ0v) is 9.45. The zero-order chi connectivity index (χ0) is 10.7. The SMILES string of the molecule is CCNc1nnc(-c2csnn2)n1CC. The van der Waals surface area contributed by atoms with Crippen LogP contribution in [0, 0.1) is 0 Å². The summed E-state index contributed by atoms with van der Waals surface area (Å²) < 4.78 is 5.81. The van der Waals surface area contributed by atoms with Crippen molar-refractivity contribution in [3.63, 3.8) is 0 Å². The van der Waals surface area contributed by atoms with Gasteiger partial charge in [-0.15, -0.1) is 15.3 Å². The molecule has 0 aliphatic carbocycles. The Balaban J connectivity index is 2.40. The van der Waals surface area contributed by atoms with E-state index in [1.165, 1.54) is 11.5 Å². The van der Waals surface area contributed by atoms with Crippen LogP contribution < -0.4 is 5.32 Å². The molecule has 0 bridgehead atoms. The molecular weight excluding hydrogens is 212 g/mol. The van der Waals surface area contributed by atoms with Crippen molar-refractivity contribution in [1.29, 1.82) is 0 Å². The molecule has 0 amide bonds. The van der Waals surface area contributed by atoms with Gasteiger partial charge in [0.25, 0.3) is 0 Å². The van der Waals surface area contributed by atoms with Gasteiger partial charge in [0.1, 0.15) is 5.69 Å². The molecule has 0 aliphatic heterocycles. The summed E-state index contributed by atoms with van der Waals surface area (Å²) in [6.45, 7) is 5.71. The predicted octanol–water partition coefficient (Wildman–Crippen LogP) is 1.25. The number of hydrogen-bond acceptors (Lipinski definition) is 6. The summed E-state index contributed by atoms with van der Waals surface area (Å²) >= 11 is 1.31. The van der Waals surface area contributed by atoms with E-state index in [4.69, 9.17) is 0 Å². The monoisotopic (exact) mass is 224 g/mol. The lowest BCUT2D eigenvalue weighted by molar-refractivity contribution is 0.767. The van der Waals surface area contributed by atoms with E-state index in [1.807, 2.05) is 23.8 Å².